The van der Waals surface area contributed by atoms with Crippen molar-refractivity contribution in [3.63, 3.8) is 0 Å². The summed E-state index contributed by atoms with van der Waals surface area (Å²) in [6.07, 6.45) is 3.86. The molecule has 2 heterocycles. The Morgan fingerprint density at radius 3 is 2.55 bits per heavy atom. The van der Waals surface area contributed by atoms with Crippen LogP contribution < -0.4 is 21.1 Å². The lowest BCUT2D eigenvalue weighted by Gasteiger charge is -2.32. The zero-order chi connectivity index (χ0) is 26.9. The van der Waals surface area contributed by atoms with Crippen LogP contribution in [0.25, 0.3) is 0 Å². The number of piperidine rings is 1. The standard InChI is InChI=1S/C28H36N6O4/c1-20(35)31-28-32-24-16-23(38-15-12-25(27(29)37)33-13-6-3-7-14-33)11-10-22(24)18-34(28)19-26(36)30-17-21-8-4-2-5-9-21/h2,4-5,8-11,16,25H,3,6-7,12-15,17-19H2,1H3,(H2,29,37)(H,30,36)(H,31,32,35). The molecule has 2 aliphatic heterocycles. The second kappa shape index (κ2) is 13.0. The fourth-order valence-corrected chi connectivity index (χ4v) is 4.78. The topological polar surface area (TPSA) is 129 Å². The Hall–Kier alpha value is -3.92. The highest BCUT2D eigenvalue weighted by Gasteiger charge is 2.26. The van der Waals surface area contributed by atoms with Crippen molar-refractivity contribution in [2.24, 2.45) is 10.7 Å². The first-order valence-electron chi connectivity index (χ1n) is 13.1. The highest BCUT2D eigenvalue weighted by atomic mass is 16.5. The van der Waals surface area contributed by atoms with Crippen LogP contribution in [0.2, 0.25) is 0 Å². The molecule has 202 valence electrons. The van der Waals surface area contributed by atoms with Crippen LogP contribution >= 0.6 is 0 Å². The van der Waals surface area contributed by atoms with Crippen molar-refractivity contribution in [1.82, 2.24) is 20.4 Å². The predicted molar refractivity (Wildman–Crippen MR) is 145 cm³/mol. The van der Waals surface area contributed by atoms with Crippen molar-refractivity contribution in [2.75, 3.05) is 26.2 Å². The quantitative estimate of drug-likeness (QED) is 0.440. The van der Waals surface area contributed by atoms with Gasteiger partial charge in [-0.05, 0) is 43.1 Å². The van der Waals surface area contributed by atoms with Crippen LogP contribution in [-0.2, 0) is 27.5 Å². The van der Waals surface area contributed by atoms with Crippen molar-refractivity contribution in [3.8, 4) is 5.75 Å². The van der Waals surface area contributed by atoms with Gasteiger partial charge in [-0.25, -0.2) is 4.99 Å². The van der Waals surface area contributed by atoms with Crippen LogP contribution in [-0.4, -0.2) is 65.8 Å². The van der Waals surface area contributed by atoms with Gasteiger partial charge in [0.25, 0.3) is 0 Å². The SMILES string of the molecule is CC(=O)NC1=Nc2cc(OCCC(C(N)=O)N3CCCCC3)ccc2CN1CC(=O)NCc1ccccc1. The van der Waals surface area contributed by atoms with Crippen molar-refractivity contribution < 1.29 is 19.1 Å². The largest absolute Gasteiger partial charge is 0.493 e. The number of likely N-dealkylation sites (tertiary alicyclic amines) is 1. The molecule has 0 aromatic heterocycles. The zero-order valence-electron chi connectivity index (χ0n) is 21.8. The van der Waals surface area contributed by atoms with E-state index in [1.165, 1.54) is 13.3 Å². The summed E-state index contributed by atoms with van der Waals surface area (Å²) in [4.78, 5) is 45.0. The normalized spacial score (nSPS) is 16.1. The van der Waals surface area contributed by atoms with Gasteiger partial charge in [0, 0.05) is 32.5 Å². The Labute approximate surface area is 223 Å². The van der Waals surface area contributed by atoms with E-state index >= 15 is 0 Å². The molecule has 2 aromatic carbocycles. The summed E-state index contributed by atoms with van der Waals surface area (Å²) >= 11 is 0. The Morgan fingerprint density at radius 2 is 1.84 bits per heavy atom. The number of carbonyl (C=O) groups is 3. The molecule has 0 aliphatic carbocycles. The molecular weight excluding hydrogens is 484 g/mol. The second-order valence-corrected chi connectivity index (χ2v) is 9.68. The maximum atomic E-state index is 12.6. The minimum Gasteiger partial charge on any atom is -0.493 e. The smallest absolute Gasteiger partial charge is 0.239 e. The summed E-state index contributed by atoms with van der Waals surface area (Å²) in [7, 11) is 0. The molecule has 0 saturated carbocycles. The average Bonchev–Trinajstić information content (AvgIpc) is 2.91. The van der Waals surface area contributed by atoms with E-state index in [-0.39, 0.29) is 30.3 Å². The summed E-state index contributed by atoms with van der Waals surface area (Å²) in [5.74, 6) is 0.164. The molecule has 1 atom stereocenters. The molecular formula is C28H36N6O4. The number of amides is 3. The van der Waals surface area contributed by atoms with Gasteiger partial charge in [0.15, 0.2) is 0 Å². The number of rotatable bonds is 10. The Balaban J connectivity index is 1.37. The molecule has 0 bridgehead atoms. The predicted octanol–water partition coefficient (Wildman–Crippen LogP) is 2.05. The number of primary amides is 1. The maximum Gasteiger partial charge on any atom is 0.239 e. The number of nitrogens with two attached hydrogens (primary N) is 1. The lowest BCUT2D eigenvalue weighted by molar-refractivity contribution is -0.124. The van der Waals surface area contributed by atoms with Gasteiger partial charge in [-0.15, -0.1) is 0 Å². The molecule has 1 unspecified atom stereocenters. The van der Waals surface area contributed by atoms with Gasteiger partial charge in [0.1, 0.15) is 12.3 Å². The molecule has 2 aromatic rings. The molecule has 10 heteroatoms. The van der Waals surface area contributed by atoms with Crippen LogP contribution in [0.5, 0.6) is 5.75 Å². The molecule has 0 radical (unpaired) electrons. The monoisotopic (exact) mass is 520 g/mol. The van der Waals surface area contributed by atoms with Gasteiger partial charge in [-0.2, -0.15) is 0 Å². The number of carbonyl (C=O) groups excluding carboxylic acids is 3. The summed E-state index contributed by atoms with van der Waals surface area (Å²) in [5.41, 5.74) is 8.24. The lowest BCUT2D eigenvalue weighted by Crippen LogP contribution is -2.48. The average molecular weight is 521 g/mol. The molecule has 10 nitrogen and oxygen atoms in total. The third-order valence-electron chi connectivity index (χ3n) is 6.72. The Bertz CT molecular complexity index is 1160. The third kappa shape index (κ3) is 7.55. The van der Waals surface area contributed by atoms with Crippen LogP contribution in [0.1, 0.15) is 43.7 Å². The fraction of sp³-hybridized carbons (Fsp3) is 0.429. The lowest BCUT2D eigenvalue weighted by atomic mass is 10.1. The van der Waals surface area contributed by atoms with E-state index in [1.54, 1.807) is 4.90 Å². The fourth-order valence-electron chi connectivity index (χ4n) is 4.78. The summed E-state index contributed by atoms with van der Waals surface area (Å²) in [6, 6.07) is 14.9. The van der Waals surface area contributed by atoms with Crippen molar-refractivity contribution >= 4 is 29.4 Å². The zero-order valence-corrected chi connectivity index (χ0v) is 21.8. The Kier molecular flexibility index (Phi) is 9.31. The van der Waals surface area contributed by atoms with E-state index in [2.05, 4.69) is 20.5 Å². The van der Waals surface area contributed by atoms with Crippen LogP contribution in [0.15, 0.2) is 53.5 Å². The van der Waals surface area contributed by atoms with E-state index in [9.17, 15) is 14.4 Å². The number of aliphatic imine (C=N–C) groups is 1. The number of benzene rings is 2. The minimum atomic E-state index is -0.334. The van der Waals surface area contributed by atoms with Gasteiger partial charge in [0.2, 0.25) is 23.7 Å². The van der Waals surface area contributed by atoms with Gasteiger partial charge >= 0.3 is 0 Å². The van der Waals surface area contributed by atoms with Gasteiger partial charge < -0.3 is 20.7 Å². The first-order valence-corrected chi connectivity index (χ1v) is 13.1. The summed E-state index contributed by atoms with van der Waals surface area (Å²) < 4.78 is 5.96. The van der Waals surface area contributed by atoms with Crippen LogP contribution in [0, 0.1) is 0 Å². The molecule has 38 heavy (non-hydrogen) atoms. The molecule has 2 aliphatic rings. The number of nitrogens with zero attached hydrogens (tertiary/aromatic N) is 3. The van der Waals surface area contributed by atoms with Gasteiger partial charge in [0.05, 0.1) is 18.3 Å². The number of guanidine groups is 1. The van der Waals surface area contributed by atoms with E-state index < -0.39 is 0 Å². The van der Waals surface area contributed by atoms with Gasteiger partial charge in [-0.1, -0.05) is 42.8 Å². The molecule has 4 N–H and O–H groups in total. The van der Waals surface area contributed by atoms with Crippen LogP contribution in [0.4, 0.5) is 5.69 Å². The molecule has 3 amide bonds. The van der Waals surface area contributed by atoms with Gasteiger partial charge in [-0.3, -0.25) is 24.6 Å². The van der Waals surface area contributed by atoms with E-state index in [1.807, 2.05) is 48.5 Å². The van der Waals surface area contributed by atoms with Crippen molar-refractivity contribution in [1.29, 1.82) is 0 Å². The first kappa shape index (κ1) is 27.1. The number of fused-ring (bicyclic) bond motifs is 1. The third-order valence-corrected chi connectivity index (χ3v) is 6.72. The molecule has 4 rings (SSSR count). The van der Waals surface area contributed by atoms with Crippen LogP contribution in [0.3, 0.4) is 0 Å². The molecule has 1 fully saturated rings. The number of ether oxygens (including phenoxy) is 1. The molecule has 1 saturated heterocycles. The summed E-state index contributed by atoms with van der Waals surface area (Å²) in [5, 5.41) is 5.65. The molecule has 0 spiro atoms. The number of hydrogen-bond acceptors (Lipinski definition) is 7. The van der Waals surface area contributed by atoms with E-state index in [0.717, 1.165) is 37.1 Å². The van der Waals surface area contributed by atoms with Crippen molar-refractivity contribution in [3.05, 3.63) is 59.7 Å². The second-order valence-electron chi connectivity index (χ2n) is 9.68. The van der Waals surface area contributed by atoms with E-state index in [0.29, 0.717) is 43.5 Å². The summed E-state index contributed by atoms with van der Waals surface area (Å²) in [6.45, 7) is 4.40. The van der Waals surface area contributed by atoms with Crippen molar-refractivity contribution in [2.45, 2.75) is 51.7 Å². The highest BCUT2D eigenvalue weighted by molar-refractivity contribution is 5.99. The van der Waals surface area contributed by atoms with E-state index in [4.69, 9.17) is 10.5 Å². The first-order chi connectivity index (χ1) is 18.4. The minimum absolute atomic E-state index is 0.0502. The Morgan fingerprint density at radius 1 is 1.08 bits per heavy atom. The highest BCUT2D eigenvalue weighted by Crippen LogP contribution is 2.30. The number of nitrogens with one attached hydrogen (secondary N) is 2. The number of hydrogen-bond donors (Lipinski definition) is 3. The maximum absolute atomic E-state index is 12.6.